The molecule has 0 aliphatic rings. The highest BCUT2D eigenvalue weighted by atomic mass is 19.4. The molecule has 0 radical (unpaired) electrons. The fourth-order valence-corrected chi connectivity index (χ4v) is 4.78. The molecule has 0 saturated carbocycles. The number of halogens is 3. The number of rotatable bonds is 8. The van der Waals surface area contributed by atoms with E-state index in [2.05, 4.69) is 15.7 Å². The molecule has 4 aromatic carbocycles. The van der Waals surface area contributed by atoms with E-state index in [1.165, 1.54) is 6.07 Å². The van der Waals surface area contributed by atoms with Gasteiger partial charge in [0, 0.05) is 23.8 Å². The van der Waals surface area contributed by atoms with Crippen LogP contribution in [0.3, 0.4) is 0 Å². The molecule has 0 aliphatic carbocycles. The van der Waals surface area contributed by atoms with Crippen molar-refractivity contribution >= 4 is 22.5 Å². The Morgan fingerprint density at radius 1 is 0.825 bits per heavy atom. The number of para-hydroxylation sites is 1. The standard InChI is InChI=1S/C32H27F3N4O/c33-32(34,35)28-11-5-10-27-30(25(20-38-31(27)28)16-21-6-2-1-3-7-21)24-8-4-9-26(18-24)37-19-23-14-12-22(13-15-23)17-29(40)39-36/h1-15,18,20,37H,16-17,19,36H2,(H,39,40). The van der Waals surface area contributed by atoms with Gasteiger partial charge < -0.3 is 5.32 Å². The predicted octanol–water partition coefficient (Wildman–Crippen LogP) is 6.66. The third-order valence-corrected chi connectivity index (χ3v) is 6.72. The molecule has 1 amide bonds. The Morgan fingerprint density at radius 3 is 2.27 bits per heavy atom. The highest BCUT2D eigenvalue weighted by molar-refractivity contribution is 5.98. The number of nitrogens with two attached hydrogens (primary N) is 1. The van der Waals surface area contributed by atoms with E-state index >= 15 is 0 Å². The molecule has 5 aromatic rings. The fourth-order valence-electron chi connectivity index (χ4n) is 4.78. The van der Waals surface area contributed by atoms with Crippen molar-refractivity contribution < 1.29 is 18.0 Å². The Hall–Kier alpha value is -4.69. The zero-order valence-electron chi connectivity index (χ0n) is 21.5. The fraction of sp³-hybridized carbons (Fsp3) is 0.125. The van der Waals surface area contributed by atoms with Crippen molar-refractivity contribution in [1.29, 1.82) is 0 Å². The minimum Gasteiger partial charge on any atom is -0.381 e. The molecule has 0 atom stereocenters. The number of amides is 1. The summed E-state index contributed by atoms with van der Waals surface area (Å²) >= 11 is 0. The number of hydrazine groups is 1. The van der Waals surface area contributed by atoms with E-state index in [1.807, 2.05) is 78.9 Å². The van der Waals surface area contributed by atoms with E-state index in [9.17, 15) is 18.0 Å². The number of pyridine rings is 1. The van der Waals surface area contributed by atoms with Crippen LogP contribution in [0.2, 0.25) is 0 Å². The highest BCUT2D eigenvalue weighted by Crippen LogP contribution is 2.39. The lowest BCUT2D eigenvalue weighted by molar-refractivity contribution is -0.136. The second-order valence-corrected chi connectivity index (χ2v) is 9.52. The Kier molecular flexibility index (Phi) is 7.79. The molecule has 8 heteroatoms. The lowest BCUT2D eigenvalue weighted by Gasteiger charge is -2.17. The molecule has 0 spiro atoms. The zero-order valence-corrected chi connectivity index (χ0v) is 21.5. The Bertz CT molecular complexity index is 1630. The van der Waals surface area contributed by atoms with Gasteiger partial charge in [0.25, 0.3) is 0 Å². The molecule has 0 aliphatic heterocycles. The molecule has 0 unspecified atom stereocenters. The summed E-state index contributed by atoms with van der Waals surface area (Å²) in [7, 11) is 0. The first-order chi connectivity index (χ1) is 19.3. The summed E-state index contributed by atoms with van der Waals surface area (Å²) < 4.78 is 41.6. The van der Waals surface area contributed by atoms with Crippen LogP contribution in [0.25, 0.3) is 22.0 Å². The van der Waals surface area contributed by atoms with E-state index in [4.69, 9.17) is 5.84 Å². The van der Waals surface area contributed by atoms with Crippen LogP contribution in [0.4, 0.5) is 18.9 Å². The minimum absolute atomic E-state index is 0.0661. The number of fused-ring (bicyclic) bond motifs is 1. The molecular weight excluding hydrogens is 513 g/mol. The van der Waals surface area contributed by atoms with Crippen molar-refractivity contribution in [2.45, 2.75) is 25.6 Å². The van der Waals surface area contributed by atoms with E-state index in [0.29, 0.717) is 18.4 Å². The van der Waals surface area contributed by atoms with E-state index < -0.39 is 11.7 Å². The SMILES string of the molecule is NNC(=O)Cc1ccc(CNc2cccc(-c3c(Cc4ccccc4)cnc4c(C(F)(F)F)cccc34)c2)cc1. The number of alkyl halides is 3. The van der Waals surface area contributed by atoms with Gasteiger partial charge in [0.2, 0.25) is 5.91 Å². The first-order valence-corrected chi connectivity index (χ1v) is 12.7. The first kappa shape index (κ1) is 26.9. The zero-order chi connectivity index (χ0) is 28.1. The number of carbonyl (C=O) groups excluding carboxylic acids is 1. The largest absolute Gasteiger partial charge is 0.418 e. The second-order valence-electron chi connectivity index (χ2n) is 9.52. The van der Waals surface area contributed by atoms with Crippen LogP contribution < -0.4 is 16.6 Å². The van der Waals surface area contributed by atoms with Gasteiger partial charge in [-0.15, -0.1) is 0 Å². The lowest BCUT2D eigenvalue weighted by Crippen LogP contribution is -2.31. The van der Waals surface area contributed by atoms with Gasteiger partial charge >= 0.3 is 6.18 Å². The Balaban J connectivity index is 1.49. The monoisotopic (exact) mass is 540 g/mol. The molecular formula is C32H27F3N4O. The predicted molar refractivity (Wildman–Crippen MR) is 151 cm³/mol. The van der Waals surface area contributed by atoms with Gasteiger partial charge in [-0.2, -0.15) is 13.2 Å². The summed E-state index contributed by atoms with van der Waals surface area (Å²) in [5.74, 6) is 4.89. The van der Waals surface area contributed by atoms with E-state index in [1.54, 1.807) is 12.3 Å². The summed E-state index contributed by atoms with van der Waals surface area (Å²) in [6, 6.07) is 29.3. The molecule has 202 valence electrons. The molecule has 4 N–H and O–H groups in total. The van der Waals surface area contributed by atoms with Crippen LogP contribution in [0.5, 0.6) is 0 Å². The second kappa shape index (κ2) is 11.6. The molecule has 0 bridgehead atoms. The summed E-state index contributed by atoms with van der Waals surface area (Å²) in [5, 5.41) is 3.86. The van der Waals surface area contributed by atoms with Gasteiger partial charge in [0.05, 0.1) is 17.5 Å². The topological polar surface area (TPSA) is 80.0 Å². The summed E-state index contributed by atoms with van der Waals surface area (Å²) in [6.45, 7) is 0.527. The number of hydrogen-bond acceptors (Lipinski definition) is 4. The van der Waals surface area contributed by atoms with Gasteiger partial charge in [-0.3, -0.25) is 15.2 Å². The van der Waals surface area contributed by atoms with Crippen molar-refractivity contribution in [2.24, 2.45) is 5.84 Å². The van der Waals surface area contributed by atoms with E-state index in [0.717, 1.165) is 45.1 Å². The number of carbonyl (C=O) groups is 1. The number of aromatic nitrogens is 1. The number of benzene rings is 4. The van der Waals surface area contributed by atoms with Crippen LogP contribution in [-0.4, -0.2) is 10.9 Å². The van der Waals surface area contributed by atoms with Crippen LogP contribution in [-0.2, 0) is 30.4 Å². The summed E-state index contributed by atoms with van der Waals surface area (Å²) in [4.78, 5) is 15.8. The summed E-state index contributed by atoms with van der Waals surface area (Å²) in [5.41, 5.74) is 7.40. The normalized spacial score (nSPS) is 11.4. The third kappa shape index (κ3) is 6.13. The maximum atomic E-state index is 13.9. The van der Waals surface area contributed by atoms with Gasteiger partial charge in [-0.1, -0.05) is 78.9 Å². The molecule has 40 heavy (non-hydrogen) atoms. The van der Waals surface area contributed by atoms with Crippen LogP contribution in [0, 0.1) is 0 Å². The highest BCUT2D eigenvalue weighted by Gasteiger charge is 2.33. The van der Waals surface area contributed by atoms with Gasteiger partial charge in [0.15, 0.2) is 0 Å². The quantitative estimate of drug-likeness (QED) is 0.117. The third-order valence-electron chi connectivity index (χ3n) is 6.72. The number of nitrogens with zero attached hydrogens (tertiary/aromatic N) is 1. The van der Waals surface area contributed by atoms with Crippen molar-refractivity contribution in [1.82, 2.24) is 10.4 Å². The average Bonchev–Trinajstić information content (AvgIpc) is 2.96. The molecule has 0 saturated heterocycles. The van der Waals surface area contributed by atoms with Crippen LogP contribution in [0.15, 0.2) is 103 Å². The molecule has 1 heterocycles. The first-order valence-electron chi connectivity index (χ1n) is 12.7. The van der Waals surface area contributed by atoms with Gasteiger partial charge in [-0.25, -0.2) is 5.84 Å². The summed E-state index contributed by atoms with van der Waals surface area (Å²) in [6.07, 6.45) is -2.22. The van der Waals surface area contributed by atoms with Crippen molar-refractivity contribution in [3.05, 3.63) is 131 Å². The maximum Gasteiger partial charge on any atom is 0.418 e. The average molecular weight is 541 g/mol. The van der Waals surface area contributed by atoms with Crippen LogP contribution in [0.1, 0.15) is 27.8 Å². The van der Waals surface area contributed by atoms with E-state index in [-0.39, 0.29) is 17.8 Å². The smallest absolute Gasteiger partial charge is 0.381 e. The number of anilines is 1. The Labute approximate surface area is 229 Å². The molecule has 0 fully saturated rings. The van der Waals surface area contributed by atoms with Crippen molar-refractivity contribution in [2.75, 3.05) is 5.32 Å². The van der Waals surface area contributed by atoms with Crippen LogP contribution >= 0.6 is 0 Å². The molecule has 5 rings (SSSR count). The van der Waals surface area contributed by atoms with Gasteiger partial charge in [0.1, 0.15) is 0 Å². The van der Waals surface area contributed by atoms with Crippen molar-refractivity contribution in [3.8, 4) is 11.1 Å². The molecule has 1 aromatic heterocycles. The molecule has 5 nitrogen and oxygen atoms in total. The van der Waals surface area contributed by atoms with Crippen molar-refractivity contribution in [3.63, 3.8) is 0 Å². The lowest BCUT2D eigenvalue weighted by atomic mass is 9.91. The Morgan fingerprint density at radius 2 is 1.55 bits per heavy atom. The number of hydrogen-bond donors (Lipinski definition) is 3. The number of nitrogens with one attached hydrogen (secondary N) is 2. The van der Waals surface area contributed by atoms with Gasteiger partial charge in [-0.05, 0) is 58.0 Å². The maximum absolute atomic E-state index is 13.9. The minimum atomic E-state index is -4.52.